The van der Waals surface area contributed by atoms with Gasteiger partial charge in [0.25, 0.3) is 5.69 Å². The van der Waals surface area contributed by atoms with Crippen molar-refractivity contribution >= 4 is 33.7 Å². The van der Waals surface area contributed by atoms with Gasteiger partial charge < -0.3 is 10.1 Å². The predicted molar refractivity (Wildman–Crippen MR) is 120 cm³/mol. The number of nitrogens with one attached hydrogen (secondary N) is 1. The lowest BCUT2D eigenvalue weighted by molar-refractivity contribution is -0.384. The molecule has 0 bridgehead atoms. The highest BCUT2D eigenvalue weighted by Gasteiger charge is 2.11. The molecule has 0 radical (unpaired) electrons. The van der Waals surface area contributed by atoms with E-state index < -0.39 is 4.92 Å². The smallest absolute Gasteiger partial charge is 0.271 e. The van der Waals surface area contributed by atoms with Crippen molar-refractivity contribution in [3.63, 3.8) is 0 Å². The second kappa shape index (κ2) is 8.84. The molecular formula is C24H19ClN2O3. The van der Waals surface area contributed by atoms with Crippen LogP contribution in [0.4, 0.5) is 11.4 Å². The zero-order valence-corrected chi connectivity index (χ0v) is 16.8. The summed E-state index contributed by atoms with van der Waals surface area (Å²) in [6.07, 6.45) is 0. The molecule has 0 spiro atoms. The molecule has 0 heterocycles. The third-order valence-electron chi connectivity index (χ3n) is 4.83. The number of hydrogen-bond donors (Lipinski definition) is 1. The zero-order valence-electron chi connectivity index (χ0n) is 16.0. The summed E-state index contributed by atoms with van der Waals surface area (Å²) in [6.45, 7) is 0.887. The van der Waals surface area contributed by atoms with Gasteiger partial charge in [0.1, 0.15) is 12.4 Å². The van der Waals surface area contributed by atoms with E-state index in [4.69, 9.17) is 16.3 Å². The first-order chi connectivity index (χ1) is 14.6. The van der Waals surface area contributed by atoms with E-state index in [9.17, 15) is 10.1 Å². The van der Waals surface area contributed by atoms with Gasteiger partial charge in [0.2, 0.25) is 0 Å². The molecule has 150 valence electrons. The van der Waals surface area contributed by atoms with Gasteiger partial charge >= 0.3 is 0 Å². The summed E-state index contributed by atoms with van der Waals surface area (Å²) < 4.78 is 6.13. The molecule has 0 aromatic heterocycles. The molecule has 30 heavy (non-hydrogen) atoms. The molecule has 5 nitrogen and oxygen atoms in total. The van der Waals surface area contributed by atoms with Crippen LogP contribution in [0, 0.1) is 10.1 Å². The first-order valence-electron chi connectivity index (χ1n) is 9.46. The summed E-state index contributed by atoms with van der Waals surface area (Å²) in [5.74, 6) is 0.765. The molecule has 0 saturated carbocycles. The minimum absolute atomic E-state index is 0.0529. The van der Waals surface area contributed by atoms with E-state index in [-0.39, 0.29) is 5.69 Å². The molecule has 0 fully saturated rings. The summed E-state index contributed by atoms with van der Waals surface area (Å²) >= 11 is 5.96. The van der Waals surface area contributed by atoms with Gasteiger partial charge in [-0.15, -0.1) is 0 Å². The Hall–Kier alpha value is -3.57. The van der Waals surface area contributed by atoms with Crippen LogP contribution in [0.2, 0.25) is 5.02 Å². The third-order valence-corrected chi connectivity index (χ3v) is 5.08. The maximum absolute atomic E-state index is 11.0. The van der Waals surface area contributed by atoms with Gasteiger partial charge in [-0.2, -0.15) is 0 Å². The van der Waals surface area contributed by atoms with E-state index in [0.717, 1.165) is 27.6 Å². The van der Waals surface area contributed by atoms with Crippen LogP contribution in [0.3, 0.4) is 0 Å². The molecule has 0 aliphatic carbocycles. The van der Waals surface area contributed by atoms with Crippen LogP contribution in [-0.4, -0.2) is 4.92 Å². The summed E-state index contributed by atoms with van der Waals surface area (Å²) in [7, 11) is 0. The number of anilines is 1. The van der Waals surface area contributed by atoms with Gasteiger partial charge in [0.15, 0.2) is 0 Å². The highest BCUT2D eigenvalue weighted by Crippen LogP contribution is 2.30. The number of rotatable bonds is 7. The number of non-ortho nitro benzene ring substituents is 1. The standard InChI is InChI=1S/C24H19ClN2O3/c25-19-11-8-17(9-12-19)16-30-24-13-10-18-4-1-2-7-22(18)23(24)15-26-20-5-3-6-21(14-20)27(28)29/h1-14,26H,15-16H2. The van der Waals surface area contributed by atoms with Gasteiger partial charge in [-0.05, 0) is 40.6 Å². The molecule has 0 amide bonds. The monoisotopic (exact) mass is 418 g/mol. The molecule has 0 atom stereocenters. The first kappa shape index (κ1) is 19.7. The number of halogens is 1. The number of nitro benzene ring substituents is 1. The van der Waals surface area contributed by atoms with E-state index in [1.807, 2.05) is 54.6 Å². The lowest BCUT2D eigenvalue weighted by Crippen LogP contribution is -2.05. The minimum atomic E-state index is -0.399. The Morgan fingerprint density at radius 2 is 1.73 bits per heavy atom. The summed E-state index contributed by atoms with van der Waals surface area (Å²) in [4.78, 5) is 10.6. The van der Waals surface area contributed by atoms with Crippen LogP contribution >= 0.6 is 11.6 Å². The highest BCUT2D eigenvalue weighted by molar-refractivity contribution is 6.30. The maximum atomic E-state index is 11.0. The molecule has 0 aliphatic heterocycles. The van der Waals surface area contributed by atoms with Gasteiger partial charge in [-0.25, -0.2) is 0 Å². The Labute approximate surface area is 179 Å². The van der Waals surface area contributed by atoms with E-state index in [1.54, 1.807) is 6.07 Å². The molecule has 4 aromatic carbocycles. The van der Waals surface area contributed by atoms with Gasteiger partial charge in [0.05, 0.1) is 4.92 Å². The molecule has 0 saturated heterocycles. The first-order valence-corrected chi connectivity index (χ1v) is 9.84. The maximum Gasteiger partial charge on any atom is 0.271 e. The highest BCUT2D eigenvalue weighted by atomic mass is 35.5. The number of nitro groups is 1. The topological polar surface area (TPSA) is 64.4 Å². The second-order valence-electron chi connectivity index (χ2n) is 6.84. The predicted octanol–water partition coefficient (Wildman–Crippen LogP) is 6.59. The van der Waals surface area contributed by atoms with E-state index in [0.29, 0.717) is 23.9 Å². The quantitative estimate of drug-likeness (QED) is 0.271. The van der Waals surface area contributed by atoms with Crippen molar-refractivity contribution in [1.82, 2.24) is 0 Å². The van der Waals surface area contributed by atoms with E-state index >= 15 is 0 Å². The van der Waals surface area contributed by atoms with Crippen LogP contribution in [-0.2, 0) is 13.2 Å². The Balaban J connectivity index is 1.61. The number of hydrogen-bond acceptors (Lipinski definition) is 4. The van der Waals surface area contributed by atoms with Crippen molar-refractivity contribution < 1.29 is 9.66 Å². The average molecular weight is 419 g/mol. The molecule has 0 unspecified atom stereocenters. The van der Waals surface area contributed by atoms with Gasteiger partial charge in [0, 0.05) is 35.0 Å². The molecule has 4 rings (SSSR count). The van der Waals surface area contributed by atoms with E-state index in [2.05, 4.69) is 17.4 Å². The second-order valence-corrected chi connectivity index (χ2v) is 7.28. The Morgan fingerprint density at radius 3 is 2.53 bits per heavy atom. The summed E-state index contributed by atoms with van der Waals surface area (Å²) in [5.41, 5.74) is 2.75. The minimum Gasteiger partial charge on any atom is -0.489 e. The van der Waals surface area contributed by atoms with Crippen LogP contribution in [0.15, 0.2) is 84.9 Å². The lowest BCUT2D eigenvalue weighted by atomic mass is 10.0. The fourth-order valence-electron chi connectivity index (χ4n) is 3.30. The van der Waals surface area contributed by atoms with Crippen molar-refractivity contribution in [2.24, 2.45) is 0 Å². The molecule has 0 aliphatic rings. The van der Waals surface area contributed by atoms with Crippen LogP contribution in [0.5, 0.6) is 5.75 Å². The molecule has 4 aromatic rings. The molecular weight excluding hydrogens is 400 g/mol. The Bertz CT molecular complexity index is 1190. The SMILES string of the molecule is O=[N+]([O-])c1cccc(NCc2c(OCc3ccc(Cl)cc3)ccc3ccccc23)c1. The molecule has 1 N–H and O–H groups in total. The third kappa shape index (κ3) is 4.53. The van der Waals surface area contributed by atoms with Gasteiger partial charge in [-0.3, -0.25) is 10.1 Å². The number of ether oxygens (including phenoxy) is 1. The largest absolute Gasteiger partial charge is 0.489 e. The van der Waals surface area contributed by atoms with Crippen molar-refractivity contribution in [3.05, 3.63) is 111 Å². The fourth-order valence-corrected chi connectivity index (χ4v) is 3.42. The van der Waals surface area contributed by atoms with Crippen molar-refractivity contribution in [2.75, 3.05) is 5.32 Å². The molecule has 6 heteroatoms. The average Bonchev–Trinajstić information content (AvgIpc) is 2.77. The number of benzene rings is 4. The Kier molecular flexibility index (Phi) is 5.82. The zero-order chi connectivity index (χ0) is 20.9. The van der Waals surface area contributed by atoms with Crippen molar-refractivity contribution in [1.29, 1.82) is 0 Å². The summed E-state index contributed by atoms with van der Waals surface area (Å²) in [5, 5.41) is 17.2. The van der Waals surface area contributed by atoms with Crippen LogP contribution < -0.4 is 10.1 Å². The van der Waals surface area contributed by atoms with Crippen molar-refractivity contribution in [2.45, 2.75) is 13.2 Å². The van der Waals surface area contributed by atoms with Gasteiger partial charge in [-0.1, -0.05) is 60.1 Å². The fraction of sp³-hybridized carbons (Fsp3) is 0.0833. The number of nitrogens with zero attached hydrogens (tertiary/aromatic N) is 1. The van der Waals surface area contributed by atoms with Crippen LogP contribution in [0.1, 0.15) is 11.1 Å². The van der Waals surface area contributed by atoms with Crippen molar-refractivity contribution in [3.8, 4) is 5.75 Å². The number of fused-ring (bicyclic) bond motifs is 1. The van der Waals surface area contributed by atoms with E-state index in [1.165, 1.54) is 12.1 Å². The van der Waals surface area contributed by atoms with Crippen LogP contribution in [0.25, 0.3) is 10.8 Å². The normalized spacial score (nSPS) is 10.7. The Morgan fingerprint density at radius 1 is 0.933 bits per heavy atom. The lowest BCUT2D eigenvalue weighted by Gasteiger charge is -2.16. The summed E-state index contributed by atoms with van der Waals surface area (Å²) in [6, 6.07) is 26.1.